The molecule has 0 N–H and O–H groups in total. The van der Waals surface area contributed by atoms with E-state index in [0.717, 1.165) is 35.7 Å². The smallest absolute Gasteiger partial charge is 0.226 e. The number of thiazole rings is 1. The number of aromatic nitrogens is 1. The topological polar surface area (TPSA) is 42.4 Å². The van der Waals surface area contributed by atoms with E-state index in [1.165, 1.54) is 12.8 Å². The zero-order valence-electron chi connectivity index (χ0n) is 16.0. The molecule has 1 aliphatic carbocycles. The number of carbonyl (C=O) groups excluding carboxylic acids is 1. The average Bonchev–Trinajstić information content (AvgIpc) is 3.35. The number of benzene rings is 1. The molecule has 146 valence electrons. The maximum atomic E-state index is 13.0. The number of carbonyl (C=O) groups is 1. The third-order valence-corrected chi connectivity index (χ3v) is 6.31. The van der Waals surface area contributed by atoms with Crippen molar-refractivity contribution in [3.05, 3.63) is 45.4 Å². The fraction of sp³-hybridized carbons (Fsp3) is 0.524. The molecular formula is C21H27ClN2O2S. The summed E-state index contributed by atoms with van der Waals surface area (Å²) in [5.74, 6) is 1.23. The van der Waals surface area contributed by atoms with Gasteiger partial charge < -0.3 is 9.64 Å². The Morgan fingerprint density at radius 1 is 1.41 bits per heavy atom. The van der Waals surface area contributed by atoms with Crippen molar-refractivity contribution < 1.29 is 9.53 Å². The molecule has 1 fully saturated rings. The summed E-state index contributed by atoms with van der Waals surface area (Å²) >= 11 is 7.56. The average molecular weight is 407 g/mol. The van der Waals surface area contributed by atoms with E-state index >= 15 is 0 Å². The number of hydrogen-bond acceptors (Lipinski definition) is 4. The number of hydrogen-bond donors (Lipinski definition) is 0. The number of ether oxygens (including phenoxy) is 1. The second-order valence-corrected chi connectivity index (χ2v) is 8.56. The normalized spacial score (nSPS) is 15.7. The van der Waals surface area contributed by atoms with Crippen LogP contribution in [-0.4, -0.2) is 21.8 Å². The van der Waals surface area contributed by atoms with Crippen LogP contribution in [0.5, 0.6) is 5.75 Å². The summed E-state index contributed by atoms with van der Waals surface area (Å²) in [6.07, 6.45) is 5.36. The second kappa shape index (κ2) is 9.56. The molecule has 1 aromatic heterocycles. The lowest BCUT2D eigenvalue weighted by Gasteiger charge is -2.30. The van der Waals surface area contributed by atoms with Gasteiger partial charge in [0.15, 0.2) is 0 Å². The second-order valence-electron chi connectivity index (χ2n) is 7.18. The highest BCUT2D eigenvalue weighted by Crippen LogP contribution is 2.28. The summed E-state index contributed by atoms with van der Waals surface area (Å²) in [4.78, 5) is 19.7. The number of nitrogens with zero attached hydrogens (tertiary/aromatic N) is 2. The van der Waals surface area contributed by atoms with E-state index in [2.05, 4.69) is 18.8 Å². The monoisotopic (exact) mass is 406 g/mol. The molecule has 1 aromatic carbocycles. The molecular weight excluding hydrogens is 380 g/mol. The van der Waals surface area contributed by atoms with Crippen molar-refractivity contribution in [2.24, 2.45) is 5.92 Å². The molecule has 2 aromatic rings. The Hall–Kier alpha value is -1.59. The Balaban J connectivity index is 1.62. The molecule has 1 heterocycles. The highest BCUT2D eigenvalue weighted by atomic mass is 35.5. The highest BCUT2D eigenvalue weighted by molar-refractivity contribution is 7.09. The molecule has 0 aliphatic heterocycles. The van der Waals surface area contributed by atoms with Gasteiger partial charge in [0.2, 0.25) is 5.91 Å². The first-order valence-electron chi connectivity index (χ1n) is 9.69. The zero-order valence-corrected chi connectivity index (χ0v) is 17.6. The summed E-state index contributed by atoms with van der Waals surface area (Å²) in [5.41, 5.74) is 0.941. The van der Waals surface area contributed by atoms with Crippen LogP contribution in [-0.2, 0) is 17.9 Å². The molecule has 1 amide bonds. The predicted octanol–water partition coefficient (Wildman–Crippen LogP) is 5.69. The summed E-state index contributed by atoms with van der Waals surface area (Å²) in [7, 11) is 0. The van der Waals surface area contributed by atoms with Crippen LogP contribution in [0, 0.1) is 5.92 Å². The maximum Gasteiger partial charge on any atom is 0.226 e. The summed E-state index contributed by atoms with van der Waals surface area (Å²) < 4.78 is 5.77. The lowest BCUT2D eigenvalue weighted by atomic mass is 10.0. The maximum absolute atomic E-state index is 13.0. The van der Waals surface area contributed by atoms with Crippen LogP contribution >= 0.6 is 22.9 Å². The zero-order chi connectivity index (χ0) is 19.2. The van der Waals surface area contributed by atoms with Gasteiger partial charge in [-0.15, -0.1) is 11.3 Å². The van der Waals surface area contributed by atoms with Crippen LogP contribution in [0.3, 0.4) is 0 Å². The molecule has 1 atom stereocenters. The molecule has 0 unspecified atom stereocenters. The van der Waals surface area contributed by atoms with E-state index in [9.17, 15) is 4.79 Å². The molecule has 27 heavy (non-hydrogen) atoms. The Morgan fingerprint density at radius 3 is 2.89 bits per heavy atom. The minimum atomic E-state index is 0.197. The van der Waals surface area contributed by atoms with Gasteiger partial charge in [0.25, 0.3) is 0 Å². The molecule has 6 heteroatoms. The lowest BCUT2D eigenvalue weighted by Crippen LogP contribution is -2.41. The third-order valence-electron chi connectivity index (χ3n) is 5.20. The lowest BCUT2D eigenvalue weighted by molar-refractivity contribution is -0.138. The molecule has 0 radical (unpaired) electrons. The van der Waals surface area contributed by atoms with Crippen molar-refractivity contribution >= 4 is 28.8 Å². The van der Waals surface area contributed by atoms with Crippen molar-refractivity contribution in [2.45, 2.75) is 65.1 Å². The molecule has 0 saturated heterocycles. The van der Waals surface area contributed by atoms with Crippen LogP contribution in [0.1, 0.15) is 56.7 Å². The third kappa shape index (κ3) is 5.45. The molecule has 3 rings (SSSR count). The van der Waals surface area contributed by atoms with Crippen molar-refractivity contribution in [3.8, 4) is 5.75 Å². The Labute approximate surface area is 170 Å². The minimum absolute atomic E-state index is 0.197. The Kier molecular flexibility index (Phi) is 7.13. The van der Waals surface area contributed by atoms with Gasteiger partial charge in [0, 0.05) is 22.4 Å². The quantitative estimate of drug-likeness (QED) is 0.565. The van der Waals surface area contributed by atoms with Crippen LogP contribution in [0.25, 0.3) is 0 Å². The van der Waals surface area contributed by atoms with Gasteiger partial charge in [-0.3, -0.25) is 4.79 Å². The number of amides is 1. The van der Waals surface area contributed by atoms with Crippen LogP contribution in [0.2, 0.25) is 5.02 Å². The minimum Gasteiger partial charge on any atom is -0.486 e. The molecule has 1 saturated carbocycles. The SMILES string of the molecule is CC[C@@H](C)N(Cc1csc(COc2cccc(Cl)c2)n1)C(=O)C1CCCC1. The van der Waals surface area contributed by atoms with Gasteiger partial charge in [-0.2, -0.15) is 0 Å². The van der Waals surface area contributed by atoms with Gasteiger partial charge in [0.1, 0.15) is 17.4 Å². The van der Waals surface area contributed by atoms with Crippen LogP contribution in [0.15, 0.2) is 29.6 Å². The van der Waals surface area contributed by atoms with E-state index in [0.29, 0.717) is 24.1 Å². The predicted molar refractivity (Wildman–Crippen MR) is 110 cm³/mol. The van der Waals surface area contributed by atoms with E-state index in [4.69, 9.17) is 16.3 Å². The summed E-state index contributed by atoms with van der Waals surface area (Å²) in [5, 5.41) is 3.60. The Bertz CT molecular complexity index is 758. The van der Waals surface area contributed by atoms with Gasteiger partial charge in [-0.25, -0.2) is 4.98 Å². The molecule has 4 nitrogen and oxygen atoms in total. The van der Waals surface area contributed by atoms with Crippen LogP contribution in [0.4, 0.5) is 0 Å². The van der Waals surface area contributed by atoms with Crippen molar-refractivity contribution in [2.75, 3.05) is 0 Å². The molecule has 0 spiro atoms. The van der Waals surface area contributed by atoms with E-state index in [-0.39, 0.29) is 12.0 Å². The summed E-state index contributed by atoms with van der Waals surface area (Å²) in [6.45, 7) is 5.25. The highest BCUT2D eigenvalue weighted by Gasteiger charge is 2.29. The number of rotatable bonds is 8. The van der Waals surface area contributed by atoms with E-state index in [1.807, 2.05) is 28.5 Å². The van der Waals surface area contributed by atoms with Gasteiger partial charge >= 0.3 is 0 Å². The standard InChI is InChI=1S/C21H27ClN2O2S/c1-3-15(2)24(21(25)16-7-4-5-8-16)12-18-14-27-20(23-18)13-26-19-10-6-9-17(22)11-19/h6,9-11,14-16H,3-5,7-8,12-13H2,1-2H3/t15-/m1/s1. The fourth-order valence-corrected chi connectivity index (χ4v) is 4.32. The first-order chi connectivity index (χ1) is 13.1. The first kappa shape index (κ1) is 20.2. The van der Waals surface area contributed by atoms with Crippen LogP contribution < -0.4 is 4.74 Å². The molecule has 1 aliphatic rings. The van der Waals surface area contributed by atoms with Crippen molar-refractivity contribution in [1.82, 2.24) is 9.88 Å². The fourth-order valence-electron chi connectivity index (χ4n) is 3.44. The largest absolute Gasteiger partial charge is 0.486 e. The number of halogens is 1. The Morgan fingerprint density at radius 2 is 2.19 bits per heavy atom. The van der Waals surface area contributed by atoms with Crippen molar-refractivity contribution in [3.63, 3.8) is 0 Å². The van der Waals surface area contributed by atoms with Gasteiger partial charge in [-0.1, -0.05) is 37.4 Å². The van der Waals surface area contributed by atoms with Gasteiger partial charge in [0.05, 0.1) is 12.2 Å². The first-order valence-corrected chi connectivity index (χ1v) is 10.9. The van der Waals surface area contributed by atoms with Crippen molar-refractivity contribution in [1.29, 1.82) is 0 Å². The van der Waals surface area contributed by atoms with E-state index in [1.54, 1.807) is 17.4 Å². The van der Waals surface area contributed by atoms with Gasteiger partial charge in [-0.05, 0) is 44.4 Å². The summed E-state index contributed by atoms with van der Waals surface area (Å²) in [6, 6.07) is 7.59. The molecule has 0 bridgehead atoms. The van der Waals surface area contributed by atoms with E-state index < -0.39 is 0 Å².